The second-order valence-corrected chi connectivity index (χ2v) is 5.77. The smallest absolute Gasteiger partial charge is 0.0869 e. The molecule has 0 amide bonds. The summed E-state index contributed by atoms with van der Waals surface area (Å²) in [6, 6.07) is 0.158. The van der Waals surface area contributed by atoms with Gasteiger partial charge in [0, 0.05) is 17.6 Å². The highest BCUT2D eigenvalue weighted by Crippen LogP contribution is 2.30. The Labute approximate surface area is 120 Å². The average Bonchev–Trinajstić information content (AvgIpc) is 2.98. The molecule has 2 aromatic heterocycles. The summed E-state index contributed by atoms with van der Waals surface area (Å²) < 4.78 is 3.12. The van der Waals surface area contributed by atoms with Crippen molar-refractivity contribution in [1.29, 1.82) is 0 Å². The number of nitrogens with zero attached hydrogens (tertiary/aromatic N) is 3. The van der Waals surface area contributed by atoms with Gasteiger partial charge in [-0.15, -0.1) is 11.3 Å². The van der Waals surface area contributed by atoms with E-state index in [1.54, 1.807) is 11.3 Å². The van der Waals surface area contributed by atoms with Crippen molar-refractivity contribution in [3.8, 4) is 0 Å². The van der Waals surface area contributed by atoms with E-state index in [1.165, 1.54) is 10.6 Å². The Kier molecular flexibility index (Phi) is 4.91. The molecule has 98 valence electrons. The summed E-state index contributed by atoms with van der Waals surface area (Å²) in [7, 11) is 0. The molecule has 1 N–H and O–H groups in total. The van der Waals surface area contributed by atoms with Gasteiger partial charge in [0.1, 0.15) is 0 Å². The fourth-order valence-electron chi connectivity index (χ4n) is 1.95. The lowest BCUT2D eigenvalue weighted by Crippen LogP contribution is -2.24. The van der Waals surface area contributed by atoms with E-state index in [4.69, 9.17) is 0 Å². The van der Waals surface area contributed by atoms with Gasteiger partial charge >= 0.3 is 0 Å². The first-order valence-corrected chi connectivity index (χ1v) is 7.78. The van der Waals surface area contributed by atoms with Crippen LogP contribution in [-0.2, 0) is 6.54 Å². The number of rotatable bonds is 6. The molecular formula is C12H17BrN4S. The fraction of sp³-hybridized carbons (Fsp3) is 0.500. The van der Waals surface area contributed by atoms with Crippen LogP contribution in [0.5, 0.6) is 0 Å². The first-order chi connectivity index (χ1) is 8.77. The van der Waals surface area contributed by atoms with Gasteiger partial charge in [-0.25, -0.2) is 0 Å². The van der Waals surface area contributed by atoms with Crippen LogP contribution < -0.4 is 5.32 Å². The Bertz CT molecular complexity index is 480. The SMILES string of the molecule is CCCn1ncc(Br)c1C(NCC)c1cncs1. The quantitative estimate of drug-likeness (QED) is 0.885. The second-order valence-electron chi connectivity index (χ2n) is 4.00. The van der Waals surface area contributed by atoms with E-state index in [9.17, 15) is 0 Å². The molecule has 0 bridgehead atoms. The number of hydrogen-bond acceptors (Lipinski definition) is 4. The molecule has 6 heteroatoms. The minimum Gasteiger partial charge on any atom is -0.305 e. The van der Waals surface area contributed by atoms with Crippen LogP contribution >= 0.6 is 27.3 Å². The van der Waals surface area contributed by atoms with Crippen LogP contribution in [0.25, 0.3) is 0 Å². The zero-order valence-electron chi connectivity index (χ0n) is 10.6. The van der Waals surface area contributed by atoms with E-state index in [1.807, 2.05) is 17.9 Å². The molecule has 0 aromatic carbocycles. The normalized spacial score (nSPS) is 12.8. The van der Waals surface area contributed by atoms with E-state index in [0.29, 0.717) is 0 Å². The lowest BCUT2D eigenvalue weighted by molar-refractivity contribution is 0.522. The van der Waals surface area contributed by atoms with Crippen molar-refractivity contribution in [2.45, 2.75) is 32.9 Å². The highest BCUT2D eigenvalue weighted by molar-refractivity contribution is 9.10. The molecule has 1 unspecified atom stereocenters. The van der Waals surface area contributed by atoms with E-state index in [0.717, 1.165) is 24.0 Å². The van der Waals surface area contributed by atoms with Crippen LogP contribution in [0.4, 0.5) is 0 Å². The number of thiazole rings is 1. The number of aromatic nitrogens is 3. The summed E-state index contributed by atoms with van der Waals surface area (Å²) >= 11 is 5.27. The molecule has 2 rings (SSSR count). The minimum absolute atomic E-state index is 0.158. The summed E-state index contributed by atoms with van der Waals surface area (Å²) in [6.07, 6.45) is 4.87. The maximum atomic E-state index is 4.43. The van der Waals surface area contributed by atoms with Crippen LogP contribution in [0.15, 0.2) is 22.4 Å². The first-order valence-electron chi connectivity index (χ1n) is 6.10. The van der Waals surface area contributed by atoms with Crippen LogP contribution in [0.3, 0.4) is 0 Å². The van der Waals surface area contributed by atoms with E-state index in [-0.39, 0.29) is 6.04 Å². The molecule has 4 nitrogen and oxygen atoms in total. The number of nitrogens with one attached hydrogen (secondary N) is 1. The summed E-state index contributed by atoms with van der Waals surface area (Å²) in [5, 5.41) is 7.94. The largest absolute Gasteiger partial charge is 0.305 e. The summed E-state index contributed by atoms with van der Waals surface area (Å²) in [6.45, 7) is 6.12. The lowest BCUT2D eigenvalue weighted by atomic mass is 10.2. The average molecular weight is 329 g/mol. The monoisotopic (exact) mass is 328 g/mol. The predicted octanol–water partition coefficient (Wildman–Crippen LogP) is 3.21. The highest BCUT2D eigenvalue weighted by Gasteiger charge is 2.22. The third kappa shape index (κ3) is 2.81. The predicted molar refractivity (Wildman–Crippen MR) is 77.9 cm³/mol. The van der Waals surface area contributed by atoms with Gasteiger partial charge in [0.15, 0.2) is 0 Å². The number of hydrogen-bond donors (Lipinski definition) is 1. The maximum absolute atomic E-state index is 4.43. The Morgan fingerprint density at radius 1 is 1.44 bits per heavy atom. The zero-order chi connectivity index (χ0) is 13.0. The molecule has 0 aliphatic rings. The number of aryl methyl sites for hydroxylation is 1. The fourth-order valence-corrected chi connectivity index (χ4v) is 3.17. The van der Waals surface area contributed by atoms with Gasteiger partial charge in [0.2, 0.25) is 0 Å². The van der Waals surface area contributed by atoms with Gasteiger partial charge in [-0.05, 0) is 28.9 Å². The van der Waals surface area contributed by atoms with Crippen LogP contribution in [0, 0.1) is 0 Å². The van der Waals surface area contributed by atoms with E-state index >= 15 is 0 Å². The van der Waals surface area contributed by atoms with Crippen molar-refractivity contribution < 1.29 is 0 Å². The van der Waals surface area contributed by atoms with Gasteiger partial charge in [-0.2, -0.15) is 5.10 Å². The van der Waals surface area contributed by atoms with Crippen molar-refractivity contribution in [2.75, 3.05) is 6.54 Å². The van der Waals surface area contributed by atoms with Crippen molar-refractivity contribution in [1.82, 2.24) is 20.1 Å². The van der Waals surface area contributed by atoms with Crippen LogP contribution in [0.2, 0.25) is 0 Å². The van der Waals surface area contributed by atoms with Crippen LogP contribution in [0.1, 0.15) is 36.9 Å². The zero-order valence-corrected chi connectivity index (χ0v) is 13.0. The first kappa shape index (κ1) is 13.7. The molecule has 0 aliphatic carbocycles. The van der Waals surface area contributed by atoms with Gasteiger partial charge in [-0.3, -0.25) is 9.67 Å². The Balaban J connectivity index is 2.39. The third-order valence-electron chi connectivity index (χ3n) is 2.69. The maximum Gasteiger partial charge on any atom is 0.0869 e. The van der Waals surface area contributed by atoms with Crippen molar-refractivity contribution in [2.24, 2.45) is 0 Å². The molecule has 0 saturated carbocycles. The van der Waals surface area contributed by atoms with Crippen molar-refractivity contribution in [3.05, 3.63) is 32.9 Å². The lowest BCUT2D eigenvalue weighted by Gasteiger charge is -2.18. The summed E-state index contributed by atoms with van der Waals surface area (Å²) in [5.41, 5.74) is 3.05. The molecule has 2 aromatic rings. The van der Waals surface area contributed by atoms with Gasteiger partial charge in [0.05, 0.1) is 27.9 Å². The van der Waals surface area contributed by atoms with Crippen LogP contribution in [-0.4, -0.2) is 21.3 Å². The Morgan fingerprint density at radius 3 is 2.89 bits per heavy atom. The number of halogens is 1. The van der Waals surface area contributed by atoms with Crippen molar-refractivity contribution in [3.63, 3.8) is 0 Å². The summed E-state index contributed by atoms with van der Waals surface area (Å²) in [5.74, 6) is 0. The van der Waals surface area contributed by atoms with Gasteiger partial charge in [0.25, 0.3) is 0 Å². The molecule has 2 heterocycles. The molecule has 0 fully saturated rings. The molecule has 0 spiro atoms. The summed E-state index contributed by atoms with van der Waals surface area (Å²) in [4.78, 5) is 5.39. The molecule has 1 atom stereocenters. The molecule has 0 aliphatic heterocycles. The Hall–Kier alpha value is -0.720. The van der Waals surface area contributed by atoms with E-state index < -0.39 is 0 Å². The van der Waals surface area contributed by atoms with Gasteiger partial charge in [-0.1, -0.05) is 13.8 Å². The minimum atomic E-state index is 0.158. The molecule has 18 heavy (non-hydrogen) atoms. The van der Waals surface area contributed by atoms with Gasteiger partial charge < -0.3 is 5.32 Å². The second kappa shape index (κ2) is 6.45. The standard InChI is InChI=1S/C12H17BrN4S/c1-3-5-17-12(9(13)6-16-17)11(15-4-2)10-7-14-8-18-10/h6-8,11,15H,3-5H2,1-2H3. The van der Waals surface area contributed by atoms with E-state index in [2.05, 4.69) is 49.9 Å². The molecule has 0 radical (unpaired) electrons. The molecular weight excluding hydrogens is 312 g/mol. The van der Waals surface area contributed by atoms with Crippen molar-refractivity contribution >= 4 is 27.3 Å². The third-order valence-corrected chi connectivity index (χ3v) is 4.14. The molecule has 0 saturated heterocycles. The topological polar surface area (TPSA) is 42.7 Å². The highest BCUT2D eigenvalue weighted by atomic mass is 79.9. The Morgan fingerprint density at radius 2 is 2.28 bits per heavy atom.